The van der Waals surface area contributed by atoms with Gasteiger partial charge in [0, 0.05) is 12.6 Å². The van der Waals surface area contributed by atoms with E-state index in [4.69, 9.17) is 5.11 Å². The Bertz CT molecular complexity index is 310. The molecule has 1 fully saturated rings. The molecule has 0 amide bonds. The summed E-state index contributed by atoms with van der Waals surface area (Å²) in [6, 6.07) is 0.419. The number of hydrogen-bond donors (Lipinski definition) is 1. The van der Waals surface area contributed by atoms with Crippen LogP contribution in [0.3, 0.4) is 0 Å². The fraction of sp³-hybridized carbons (Fsp3) is 0.941. The lowest BCUT2D eigenvalue weighted by Gasteiger charge is -2.31. The molecule has 1 saturated heterocycles. The molecule has 0 bridgehead atoms. The monoisotopic (exact) mass is 298 g/mol. The molecule has 1 heterocycles. The second kappa shape index (κ2) is 8.74. The van der Waals surface area contributed by atoms with Crippen LogP contribution < -0.4 is 0 Å². The number of hydrogen-bond acceptors (Lipinski definition) is 3. The molecule has 4 heteroatoms. The summed E-state index contributed by atoms with van der Waals surface area (Å²) >= 11 is 0. The summed E-state index contributed by atoms with van der Waals surface area (Å²) in [6.07, 6.45) is 3.39. The van der Waals surface area contributed by atoms with Crippen molar-refractivity contribution in [3.8, 4) is 0 Å². The van der Waals surface area contributed by atoms with Gasteiger partial charge < -0.3 is 10.0 Å². The molecule has 1 rings (SSSR count). The molecule has 4 nitrogen and oxygen atoms in total. The smallest absolute Gasteiger partial charge is 0.317 e. The number of carboxylic acids is 1. The Hall–Kier alpha value is -0.610. The zero-order valence-corrected chi connectivity index (χ0v) is 14.5. The van der Waals surface area contributed by atoms with Crippen LogP contribution in [0.5, 0.6) is 0 Å². The Morgan fingerprint density at radius 3 is 2.33 bits per heavy atom. The average molecular weight is 298 g/mol. The molecule has 0 aromatic rings. The van der Waals surface area contributed by atoms with E-state index < -0.39 is 5.97 Å². The minimum atomic E-state index is -0.724. The van der Waals surface area contributed by atoms with Crippen molar-refractivity contribution in [3.05, 3.63) is 0 Å². The highest BCUT2D eigenvalue weighted by Crippen LogP contribution is 2.24. The third-order valence-electron chi connectivity index (χ3n) is 4.98. The van der Waals surface area contributed by atoms with E-state index in [0.717, 1.165) is 43.7 Å². The van der Waals surface area contributed by atoms with Crippen LogP contribution in [0.2, 0.25) is 0 Å². The van der Waals surface area contributed by atoms with Crippen molar-refractivity contribution in [2.75, 3.05) is 33.2 Å². The zero-order valence-electron chi connectivity index (χ0n) is 14.5. The van der Waals surface area contributed by atoms with Gasteiger partial charge in [0.1, 0.15) is 0 Å². The van der Waals surface area contributed by atoms with Crippen molar-refractivity contribution >= 4 is 5.97 Å². The van der Waals surface area contributed by atoms with Crippen molar-refractivity contribution in [1.29, 1.82) is 0 Å². The van der Waals surface area contributed by atoms with Gasteiger partial charge in [-0.2, -0.15) is 0 Å². The minimum absolute atomic E-state index is 0.158. The van der Waals surface area contributed by atoms with Gasteiger partial charge in [0.2, 0.25) is 0 Å². The van der Waals surface area contributed by atoms with E-state index in [2.05, 4.69) is 32.6 Å². The van der Waals surface area contributed by atoms with Gasteiger partial charge in [-0.15, -0.1) is 0 Å². The molecule has 0 radical (unpaired) electrons. The third kappa shape index (κ3) is 6.35. The van der Waals surface area contributed by atoms with Crippen LogP contribution in [0, 0.1) is 17.8 Å². The summed E-state index contributed by atoms with van der Waals surface area (Å²) in [4.78, 5) is 15.5. The van der Waals surface area contributed by atoms with E-state index in [1.54, 1.807) is 0 Å². The number of aliphatic carboxylic acids is 1. The topological polar surface area (TPSA) is 43.8 Å². The predicted octanol–water partition coefficient (Wildman–Crippen LogP) is 2.79. The van der Waals surface area contributed by atoms with Gasteiger partial charge in [-0.05, 0) is 57.2 Å². The van der Waals surface area contributed by atoms with E-state index in [1.165, 1.54) is 13.0 Å². The Morgan fingerprint density at radius 2 is 1.81 bits per heavy atom. The summed E-state index contributed by atoms with van der Waals surface area (Å²) in [7, 11) is 1.94. The lowest BCUT2D eigenvalue weighted by Crippen LogP contribution is -2.38. The number of carboxylic acid groups (broad SMARTS) is 1. The maximum absolute atomic E-state index is 10.8. The molecule has 0 spiro atoms. The number of likely N-dealkylation sites (tertiary alicyclic amines) is 1. The molecular weight excluding hydrogens is 264 g/mol. The van der Waals surface area contributed by atoms with Gasteiger partial charge in [-0.25, -0.2) is 0 Å². The Morgan fingerprint density at radius 1 is 1.19 bits per heavy atom. The highest BCUT2D eigenvalue weighted by atomic mass is 16.4. The van der Waals surface area contributed by atoms with Crippen molar-refractivity contribution in [2.45, 2.75) is 53.0 Å². The second-order valence-corrected chi connectivity index (χ2v) is 7.35. The highest BCUT2D eigenvalue weighted by Gasteiger charge is 2.25. The van der Waals surface area contributed by atoms with Gasteiger partial charge in [0.05, 0.1) is 6.54 Å². The number of likely N-dealkylation sites (N-methyl/N-ethyl adjacent to an activating group) is 1. The average Bonchev–Trinajstić information content (AvgIpc) is 2.59. The Labute approximate surface area is 130 Å². The van der Waals surface area contributed by atoms with Crippen molar-refractivity contribution < 1.29 is 9.90 Å². The minimum Gasteiger partial charge on any atom is -0.480 e. The highest BCUT2D eigenvalue weighted by molar-refractivity contribution is 5.69. The quantitative estimate of drug-likeness (QED) is 0.785. The predicted molar refractivity (Wildman–Crippen MR) is 87.5 cm³/mol. The van der Waals surface area contributed by atoms with Crippen molar-refractivity contribution in [1.82, 2.24) is 9.80 Å². The van der Waals surface area contributed by atoms with E-state index in [9.17, 15) is 4.79 Å². The van der Waals surface area contributed by atoms with Gasteiger partial charge in [-0.1, -0.05) is 27.7 Å². The van der Waals surface area contributed by atoms with Crippen LogP contribution in [-0.2, 0) is 4.79 Å². The number of nitrogens with zero attached hydrogens (tertiary/aromatic N) is 2. The zero-order chi connectivity index (χ0) is 16.0. The van der Waals surface area contributed by atoms with Crippen LogP contribution in [0.25, 0.3) is 0 Å². The Balaban J connectivity index is 2.50. The van der Waals surface area contributed by atoms with E-state index in [-0.39, 0.29) is 6.54 Å². The van der Waals surface area contributed by atoms with Crippen LogP contribution in [0.4, 0.5) is 0 Å². The lowest BCUT2D eigenvalue weighted by atomic mass is 9.85. The first kappa shape index (κ1) is 18.4. The van der Waals surface area contributed by atoms with Crippen LogP contribution in [-0.4, -0.2) is 60.1 Å². The summed E-state index contributed by atoms with van der Waals surface area (Å²) in [6.45, 7) is 12.9. The summed E-state index contributed by atoms with van der Waals surface area (Å²) < 4.78 is 0. The van der Waals surface area contributed by atoms with Gasteiger partial charge in [0.15, 0.2) is 0 Å². The van der Waals surface area contributed by atoms with E-state index in [0.29, 0.717) is 6.04 Å². The molecule has 1 atom stereocenters. The van der Waals surface area contributed by atoms with Gasteiger partial charge in [-0.3, -0.25) is 9.69 Å². The molecule has 21 heavy (non-hydrogen) atoms. The van der Waals surface area contributed by atoms with Crippen molar-refractivity contribution in [2.24, 2.45) is 17.8 Å². The van der Waals surface area contributed by atoms with E-state index >= 15 is 0 Å². The fourth-order valence-corrected chi connectivity index (χ4v) is 3.59. The molecule has 1 unspecified atom stereocenters. The standard InChI is InChI=1S/C17H34N2O2/c1-13(2)16(14(3)4)11-19-9-6-7-15(8-10-19)18(5)12-17(20)21/h13-16H,6-12H2,1-5H3,(H,20,21). The molecule has 0 saturated carbocycles. The Kier molecular flexibility index (Phi) is 7.67. The molecule has 124 valence electrons. The normalized spacial score (nSPS) is 21.5. The molecule has 0 aliphatic carbocycles. The fourth-order valence-electron chi connectivity index (χ4n) is 3.59. The number of carbonyl (C=O) groups is 1. The second-order valence-electron chi connectivity index (χ2n) is 7.35. The SMILES string of the molecule is CC(C)C(CN1CCCC(N(C)CC(=O)O)CC1)C(C)C. The first-order chi connectivity index (χ1) is 9.81. The molecule has 1 N–H and O–H groups in total. The molecule has 0 aromatic heterocycles. The summed E-state index contributed by atoms with van der Waals surface area (Å²) in [5.74, 6) is 1.47. The van der Waals surface area contributed by atoms with Crippen LogP contribution >= 0.6 is 0 Å². The maximum Gasteiger partial charge on any atom is 0.317 e. The number of rotatable bonds is 7. The van der Waals surface area contributed by atoms with Crippen molar-refractivity contribution in [3.63, 3.8) is 0 Å². The third-order valence-corrected chi connectivity index (χ3v) is 4.98. The molecule has 0 aromatic carbocycles. The summed E-state index contributed by atoms with van der Waals surface area (Å²) in [5, 5.41) is 8.93. The largest absolute Gasteiger partial charge is 0.480 e. The molecule has 1 aliphatic heterocycles. The van der Waals surface area contributed by atoms with Crippen LogP contribution in [0.15, 0.2) is 0 Å². The van der Waals surface area contributed by atoms with Crippen LogP contribution in [0.1, 0.15) is 47.0 Å². The van der Waals surface area contributed by atoms with Gasteiger partial charge in [0.25, 0.3) is 0 Å². The molecule has 1 aliphatic rings. The lowest BCUT2D eigenvalue weighted by molar-refractivity contribution is -0.138. The first-order valence-corrected chi connectivity index (χ1v) is 8.45. The summed E-state index contributed by atoms with van der Waals surface area (Å²) in [5.41, 5.74) is 0. The van der Waals surface area contributed by atoms with E-state index in [1.807, 2.05) is 11.9 Å². The first-order valence-electron chi connectivity index (χ1n) is 8.45. The van der Waals surface area contributed by atoms with Gasteiger partial charge >= 0.3 is 5.97 Å². The maximum atomic E-state index is 10.8. The molecular formula is C17H34N2O2.